The van der Waals surface area contributed by atoms with Crippen LogP contribution in [-0.2, 0) is 4.74 Å². The molecule has 0 amide bonds. The second-order valence-electron chi connectivity index (χ2n) is 4.55. The zero-order valence-electron chi connectivity index (χ0n) is 9.68. The number of halogens is 1. The smallest absolute Gasteiger partial charge is 0.128 e. The first-order valence-corrected chi connectivity index (χ1v) is 6.80. The Hall–Kier alpha value is -0.650. The van der Waals surface area contributed by atoms with Crippen molar-refractivity contribution in [3.05, 3.63) is 22.8 Å². The first kappa shape index (κ1) is 11.4. The molecule has 0 unspecified atom stereocenters. The Kier molecular flexibility index (Phi) is 3.31. The summed E-state index contributed by atoms with van der Waals surface area (Å²) in [6, 6.07) is 4.65. The van der Waals surface area contributed by atoms with Crippen molar-refractivity contribution in [3.63, 3.8) is 0 Å². The molecule has 3 rings (SSSR count). The number of hydrogen-bond acceptors (Lipinski definition) is 4. The maximum absolute atomic E-state index is 5.55. The van der Waals surface area contributed by atoms with E-state index in [0.29, 0.717) is 6.04 Å². The van der Waals surface area contributed by atoms with Crippen LogP contribution in [0.2, 0.25) is 0 Å². The number of piperazine rings is 1. The minimum absolute atomic E-state index is 0.531. The van der Waals surface area contributed by atoms with E-state index in [9.17, 15) is 0 Å². The summed E-state index contributed by atoms with van der Waals surface area (Å²) in [7, 11) is 0. The van der Waals surface area contributed by atoms with Crippen LogP contribution >= 0.6 is 15.9 Å². The number of fused-ring (bicyclic) bond motifs is 1. The first-order chi connectivity index (χ1) is 8.33. The molecular formula is C12H16BrN3O. The van der Waals surface area contributed by atoms with Crippen LogP contribution in [0, 0.1) is 0 Å². The molecule has 92 valence electrons. The average Bonchev–Trinajstić information content (AvgIpc) is 2.39. The average molecular weight is 298 g/mol. The minimum Gasteiger partial charge on any atom is -0.378 e. The third-order valence-electron chi connectivity index (χ3n) is 3.47. The van der Waals surface area contributed by atoms with Crippen molar-refractivity contribution in [1.29, 1.82) is 0 Å². The van der Waals surface area contributed by atoms with Gasteiger partial charge < -0.3 is 9.64 Å². The number of anilines is 1. The van der Waals surface area contributed by atoms with E-state index < -0.39 is 0 Å². The van der Waals surface area contributed by atoms with Crippen LogP contribution in [0.5, 0.6) is 0 Å². The Balaban J connectivity index is 1.71. The summed E-state index contributed by atoms with van der Waals surface area (Å²) in [6.45, 7) is 6.01. The SMILES string of the molecule is Brc1ccc(N2CCN3CCOC[C@H]3C2)nc1. The quantitative estimate of drug-likeness (QED) is 0.783. The van der Waals surface area contributed by atoms with Gasteiger partial charge in [0.2, 0.25) is 0 Å². The Morgan fingerprint density at radius 3 is 3.06 bits per heavy atom. The van der Waals surface area contributed by atoms with Gasteiger partial charge in [-0.15, -0.1) is 0 Å². The van der Waals surface area contributed by atoms with Crippen molar-refractivity contribution < 1.29 is 4.74 Å². The summed E-state index contributed by atoms with van der Waals surface area (Å²) in [4.78, 5) is 9.34. The molecule has 5 heteroatoms. The lowest BCUT2D eigenvalue weighted by atomic mass is 10.1. The normalized spacial score (nSPS) is 25.7. The predicted molar refractivity (Wildman–Crippen MR) is 70.3 cm³/mol. The largest absolute Gasteiger partial charge is 0.378 e. The maximum Gasteiger partial charge on any atom is 0.128 e. The first-order valence-electron chi connectivity index (χ1n) is 6.01. The fourth-order valence-electron chi connectivity index (χ4n) is 2.51. The van der Waals surface area contributed by atoms with Gasteiger partial charge in [-0.05, 0) is 28.1 Å². The molecule has 2 saturated heterocycles. The second-order valence-corrected chi connectivity index (χ2v) is 5.46. The molecule has 0 radical (unpaired) electrons. The lowest BCUT2D eigenvalue weighted by molar-refractivity contribution is -0.0117. The molecule has 0 aromatic carbocycles. The van der Waals surface area contributed by atoms with Crippen LogP contribution in [0.25, 0.3) is 0 Å². The Bertz CT molecular complexity index is 384. The van der Waals surface area contributed by atoms with Crippen molar-refractivity contribution in [3.8, 4) is 0 Å². The number of ether oxygens (including phenoxy) is 1. The van der Waals surface area contributed by atoms with Crippen molar-refractivity contribution in [2.75, 3.05) is 44.3 Å². The summed E-state index contributed by atoms with van der Waals surface area (Å²) in [5, 5.41) is 0. The van der Waals surface area contributed by atoms with E-state index in [-0.39, 0.29) is 0 Å². The van der Waals surface area contributed by atoms with E-state index in [4.69, 9.17) is 4.74 Å². The lowest BCUT2D eigenvalue weighted by Crippen LogP contribution is -2.58. The van der Waals surface area contributed by atoms with Crippen LogP contribution in [0.15, 0.2) is 22.8 Å². The minimum atomic E-state index is 0.531. The van der Waals surface area contributed by atoms with Gasteiger partial charge >= 0.3 is 0 Å². The third-order valence-corrected chi connectivity index (χ3v) is 3.94. The number of aromatic nitrogens is 1. The zero-order chi connectivity index (χ0) is 11.7. The molecule has 4 nitrogen and oxygen atoms in total. The zero-order valence-corrected chi connectivity index (χ0v) is 11.3. The number of nitrogens with zero attached hydrogens (tertiary/aromatic N) is 3. The fourth-order valence-corrected chi connectivity index (χ4v) is 2.74. The Labute approximate surface area is 110 Å². The highest BCUT2D eigenvalue weighted by atomic mass is 79.9. The number of pyridine rings is 1. The topological polar surface area (TPSA) is 28.6 Å². The molecule has 1 aromatic heterocycles. The van der Waals surface area contributed by atoms with Gasteiger partial charge in [-0.2, -0.15) is 0 Å². The van der Waals surface area contributed by atoms with E-state index in [0.717, 1.165) is 49.7 Å². The molecule has 0 bridgehead atoms. The molecule has 1 atom stereocenters. The molecule has 17 heavy (non-hydrogen) atoms. The summed E-state index contributed by atoms with van der Waals surface area (Å²) in [5.41, 5.74) is 0. The van der Waals surface area contributed by atoms with Gasteiger partial charge in [0.15, 0.2) is 0 Å². The van der Waals surface area contributed by atoms with Crippen molar-refractivity contribution in [2.24, 2.45) is 0 Å². The van der Waals surface area contributed by atoms with Crippen molar-refractivity contribution in [1.82, 2.24) is 9.88 Å². The molecule has 0 spiro atoms. The van der Waals surface area contributed by atoms with Crippen molar-refractivity contribution >= 4 is 21.7 Å². The third kappa shape index (κ3) is 2.46. The van der Waals surface area contributed by atoms with Crippen LogP contribution in [0.4, 0.5) is 5.82 Å². The summed E-state index contributed by atoms with van der Waals surface area (Å²) < 4.78 is 6.57. The van der Waals surface area contributed by atoms with E-state index in [1.807, 2.05) is 12.3 Å². The van der Waals surface area contributed by atoms with E-state index >= 15 is 0 Å². The molecule has 0 aliphatic carbocycles. The number of morpholine rings is 1. The number of hydrogen-bond donors (Lipinski definition) is 0. The van der Waals surface area contributed by atoms with Crippen LogP contribution in [-0.4, -0.2) is 55.3 Å². The number of rotatable bonds is 1. The standard InChI is InChI=1S/C12H16BrN3O/c13-10-1-2-12(14-7-10)16-4-3-15-5-6-17-9-11(15)8-16/h1-2,7,11H,3-6,8-9H2/t11-/m1/s1. The molecule has 3 heterocycles. The van der Waals surface area contributed by atoms with Crippen LogP contribution < -0.4 is 4.90 Å². The van der Waals surface area contributed by atoms with Crippen molar-refractivity contribution in [2.45, 2.75) is 6.04 Å². The highest BCUT2D eigenvalue weighted by Crippen LogP contribution is 2.20. The van der Waals surface area contributed by atoms with Gasteiger partial charge in [-0.1, -0.05) is 0 Å². The highest BCUT2D eigenvalue weighted by Gasteiger charge is 2.29. The van der Waals surface area contributed by atoms with Gasteiger partial charge in [0.25, 0.3) is 0 Å². The van der Waals surface area contributed by atoms with E-state index in [1.54, 1.807) is 0 Å². The van der Waals surface area contributed by atoms with Crippen LogP contribution in [0.1, 0.15) is 0 Å². The molecule has 2 aliphatic rings. The predicted octanol–water partition coefficient (Wildman–Crippen LogP) is 1.36. The van der Waals surface area contributed by atoms with E-state index in [1.165, 1.54) is 0 Å². The summed E-state index contributed by atoms with van der Waals surface area (Å²) in [6.07, 6.45) is 1.86. The molecule has 2 fully saturated rings. The Morgan fingerprint density at radius 1 is 1.29 bits per heavy atom. The molecule has 2 aliphatic heterocycles. The van der Waals surface area contributed by atoms with E-state index in [2.05, 4.69) is 36.8 Å². The molecule has 0 saturated carbocycles. The molecule has 0 N–H and O–H groups in total. The maximum atomic E-state index is 5.55. The summed E-state index contributed by atoms with van der Waals surface area (Å²) in [5.74, 6) is 1.07. The summed E-state index contributed by atoms with van der Waals surface area (Å²) >= 11 is 3.42. The Morgan fingerprint density at radius 2 is 2.24 bits per heavy atom. The van der Waals surface area contributed by atoms with Gasteiger partial charge in [0.05, 0.1) is 19.3 Å². The second kappa shape index (κ2) is 4.92. The van der Waals surface area contributed by atoms with Gasteiger partial charge in [0.1, 0.15) is 5.82 Å². The molecule has 1 aromatic rings. The fraction of sp³-hybridized carbons (Fsp3) is 0.583. The van der Waals surface area contributed by atoms with Gasteiger partial charge in [-0.25, -0.2) is 4.98 Å². The van der Waals surface area contributed by atoms with Crippen LogP contribution in [0.3, 0.4) is 0 Å². The highest BCUT2D eigenvalue weighted by molar-refractivity contribution is 9.10. The monoisotopic (exact) mass is 297 g/mol. The molecular weight excluding hydrogens is 282 g/mol. The van der Waals surface area contributed by atoms with Gasteiger partial charge in [-0.3, -0.25) is 4.90 Å². The van der Waals surface area contributed by atoms with Gasteiger partial charge in [0, 0.05) is 36.8 Å². The lowest BCUT2D eigenvalue weighted by Gasteiger charge is -2.44.